The number of methoxy groups -OCH3 is 1. The Morgan fingerprint density at radius 3 is 2.49 bits per heavy atom. The first-order valence-corrected chi connectivity index (χ1v) is 12.0. The number of ketones is 1. The second-order valence-corrected chi connectivity index (χ2v) is 9.52. The van der Waals surface area contributed by atoms with Gasteiger partial charge in [-0.15, -0.1) is 0 Å². The smallest absolute Gasteiger partial charge is 0.337 e. The highest BCUT2D eigenvalue weighted by atomic mass is 16.6. The first-order valence-electron chi connectivity index (χ1n) is 12.0. The fraction of sp³-hybridized carbons (Fsp3) is 0.500. The third-order valence-electron chi connectivity index (χ3n) is 7.23. The molecule has 0 unspecified atom stereocenters. The van der Waals surface area contributed by atoms with Crippen LogP contribution < -0.4 is 5.32 Å². The van der Waals surface area contributed by atoms with Crippen LogP contribution in [0, 0.1) is 22.0 Å². The number of nitrogens with zero attached hydrogens (tertiary/aromatic N) is 1. The van der Waals surface area contributed by atoms with E-state index in [2.05, 4.69) is 5.32 Å². The van der Waals surface area contributed by atoms with Crippen molar-refractivity contribution in [3.05, 3.63) is 62.5 Å². The lowest BCUT2D eigenvalue weighted by atomic mass is 9.69. The van der Waals surface area contributed by atoms with Crippen LogP contribution in [-0.2, 0) is 23.9 Å². The minimum absolute atomic E-state index is 0.162. The average Bonchev–Trinajstić information content (AvgIpc) is 2.83. The molecular formula is C26H30N2O7. The predicted octanol–water partition coefficient (Wildman–Crippen LogP) is 4.08. The number of allylic oxidation sites excluding steroid dienone is 3. The lowest BCUT2D eigenvalue weighted by Gasteiger charge is -2.38. The molecule has 0 bridgehead atoms. The molecule has 9 nitrogen and oxygen atoms in total. The quantitative estimate of drug-likeness (QED) is 0.288. The molecule has 0 spiro atoms. The normalized spacial score (nSPS) is 25.0. The second kappa shape index (κ2) is 10.0. The fourth-order valence-corrected chi connectivity index (χ4v) is 5.56. The fourth-order valence-electron chi connectivity index (χ4n) is 5.56. The minimum atomic E-state index is -1.06. The van der Waals surface area contributed by atoms with Crippen LogP contribution in [0.25, 0.3) is 0 Å². The lowest BCUT2D eigenvalue weighted by Crippen LogP contribution is -2.43. The summed E-state index contributed by atoms with van der Waals surface area (Å²) in [6.45, 7) is 3.50. The molecule has 1 heterocycles. The van der Waals surface area contributed by atoms with E-state index in [-0.39, 0.29) is 34.4 Å². The van der Waals surface area contributed by atoms with Crippen LogP contribution in [0.3, 0.4) is 0 Å². The number of dihydropyridines is 1. The number of benzene rings is 1. The highest BCUT2D eigenvalue weighted by molar-refractivity contribution is 6.12. The van der Waals surface area contributed by atoms with Crippen molar-refractivity contribution >= 4 is 23.4 Å². The molecule has 0 aromatic heterocycles. The van der Waals surface area contributed by atoms with Gasteiger partial charge in [0.25, 0.3) is 5.69 Å². The lowest BCUT2D eigenvalue weighted by molar-refractivity contribution is -0.385. The second-order valence-electron chi connectivity index (χ2n) is 9.52. The molecule has 1 aromatic carbocycles. The Bertz CT molecular complexity index is 1130. The Morgan fingerprint density at radius 1 is 1.14 bits per heavy atom. The number of carbonyl (C=O) groups is 3. The number of esters is 2. The summed E-state index contributed by atoms with van der Waals surface area (Å²) < 4.78 is 10.7. The van der Waals surface area contributed by atoms with Crippen molar-refractivity contribution in [2.45, 2.75) is 64.4 Å². The maximum absolute atomic E-state index is 13.8. The molecular weight excluding hydrogens is 452 g/mol. The van der Waals surface area contributed by atoms with Crippen molar-refractivity contribution < 1.29 is 28.8 Å². The zero-order chi connectivity index (χ0) is 25.3. The van der Waals surface area contributed by atoms with Crippen molar-refractivity contribution in [1.82, 2.24) is 5.32 Å². The molecule has 0 saturated heterocycles. The first kappa shape index (κ1) is 24.6. The van der Waals surface area contributed by atoms with Gasteiger partial charge in [0, 0.05) is 28.6 Å². The summed E-state index contributed by atoms with van der Waals surface area (Å²) in [4.78, 5) is 51.2. The molecule has 3 atom stereocenters. The molecule has 3 aliphatic rings. The third-order valence-corrected chi connectivity index (χ3v) is 7.23. The van der Waals surface area contributed by atoms with E-state index >= 15 is 0 Å². The molecule has 2 aliphatic carbocycles. The van der Waals surface area contributed by atoms with Gasteiger partial charge in [0.1, 0.15) is 12.0 Å². The zero-order valence-electron chi connectivity index (χ0n) is 20.2. The minimum Gasteiger partial charge on any atom is -0.468 e. The number of nitrogens with one attached hydrogen (secondary N) is 1. The van der Waals surface area contributed by atoms with Gasteiger partial charge in [-0.1, -0.05) is 31.5 Å². The zero-order valence-corrected chi connectivity index (χ0v) is 20.2. The maximum Gasteiger partial charge on any atom is 0.337 e. The third kappa shape index (κ3) is 4.59. The molecule has 9 heteroatoms. The predicted molar refractivity (Wildman–Crippen MR) is 126 cm³/mol. The highest BCUT2D eigenvalue weighted by Gasteiger charge is 2.48. The van der Waals surface area contributed by atoms with E-state index in [1.54, 1.807) is 26.0 Å². The van der Waals surface area contributed by atoms with Gasteiger partial charge in [0.15, 0.2) is 5.78 Å². The highest BCUT2D eigenvalue weighted by Crippen LogP contribution is 2.47. The van der Waals surface area contributed by atoms with Crippen molar-refractivity contribution in [1.29, 1.82) is 0 Å². The topological polar surface area (TPSA) is 125 Å². The van der Waals surface area contributed by atoms with Crippen molar-refractivity contribution in [3.63, 3.8) is 0 Å². The Hall–Kier alpha value is -3.49. The summed E-state index contributed by atoms with van der Waals surface area (Å²) >= 11 is 0. The van der Waals surface area contributed by atoms with Crippen LogP contribution in [0.1, 0.15) is 63.9 Å². The van der Waals surface area contributed by atoms with E-state index in [9.17, 15) is 24.5 Å². The van der Waals surface area contributed by atoms with Crippen LogP contribution in [0.5, 0.6) is 0 Å². The summed E-state index contributed by atoms with van der Waals surface area (Å²) in [6, 6.07) is 6.08. The van der Waals surface area contributed by atoms with E-state index in [1.807, 2.05) is 0 Å². The molecule has 0 radical (unpaired) electrons. The number of nitro benzene ring substituents is 1. The number of ether oxygens (including phenoxy) is 2. The van der Waals surface area contributed by atoms with Gasteiger partial charge in [-0.05, 0) is 44.9 Å². The Labute approximate surface area is 203 Å². The van der Waals surface area contributed by atoms with Crippen LogP contribution in [0.4, 0.5) is 5.69 Å². The van der Waals surface area contributed by atoms with E-state index in [0.717, 1.165) is 32.1 Å². The van der Waals surface area contributed by atoms with Gasteiger partial charge in [-0.3, -0.25) is 19.7 Å². The number of rotatable bonds is 5. The molecule has 4 rings (SSSR count). The largest absolute Gasteiger partial charge is 0.468 e. The number of hydrogen-bond donors (Lipinski definition) is 1. The Kier molecular flexibility index (Phi) is 7.05. The van der Waals surface area contributed by atoms with Crippen molar-refractivity contribution in [2.24, 2.45) is 11.8 Å². The molecule has 1 saturated carbocycles. The summed E-state index contributed by atoms with van der Waals surface area (Å²) in [5.41, 5.74) is 1.42. The van der Waals surface area contributed by atoms with E-state index in [1.165, 1.54) is 19.2 Å². The first-order chi connectivity index (χ1) is 16.7. The summed E-state index contributed by atoms with van der Waals surface area (Å²) in [5, 5.41) is 15.1. The van der Waals surface area contributed by atoms with E-state index in [0.29, 0.717) is 17.8 Å². The van der Waals surface area contributed by atoms with Crippen LogP contribution in [0.2, 0.25) is 0 Å². The van der Waals surface area contributed by atoms with Gasteiger partial charge in [-0.25, -0.2) is 4.79 Å². The van der Waals surface area contributed by atoms with E-state index in [4.69, 9.17) is 9.47 Å². The van der Waals surface area contributed by atoms with E-state index < -0.39 is 34.5 Å². The number of hydrogen-bond acceptors (Lipinski definition) is 8. The van der Waals surface area contributed by atoms with Gasteiger partial charge in [0.05, 0.1) is 23.5 Å². The monoisotopic (exact) mass is 482 g/mol. The number of nitro groups is 1. The molecule has 1 aromatic rings. The number of carbonyl (C=O) groups excluding carboxylic acids is 3. The number of para-hydroxylation sites is 1. The van der Waals surface area contributed by atoms with Gasteiger partial charge in [-0.2, -0.15) is 0 Å². The van der Waals surface area contributed by atoms with Crippen LogP contribution in [0.15, 0.2) is 46.8 Å². The SMILES string of the molecule is COC(=O)[C@H]1C(=O)C2=C(C[C@H]1C)NC(C)=C(C(=O)OC1CCCCC1)[C@H]2c1ccccc1[N+](=O)[O-]. The molecule has 35 heavy (non-hydrogen) atoms. The van der Waals surface area contributed by atoms with Gasteiger partial charge < -0.3 is 14.8 Å². The molecule has 186 valence electrons. The standard InChI is InChI=1S/C26H30N2O7/c1-14-13-18-23(24(29)20(14)25(30)34-3)22(17-11-7-8-12-19(17)28(32)33)21(15(2)27-18)26(31)35-16-9-5-4-6-10-16/h7-8,11-12,14,16,20,22,27H,4-6,9-10,13H2,1-3H3/t14-,20-,22-/m1/s1. The van der Waals surface area contributed by atoms with Crippen LogP contribution >= 0.6 is 0 Å². The summed E-state index contributed by atoms with van der Waals surface area (Å²) in [7, 11) is 1.22. The summed E-state index contributed by atoms with van der Waals surface area (Å²) in [6.07, 6.45) is 4.67. The van der Waals surface area contributed by atoms with Crippen molar-refractivity contribution in [3.8, 4) is 0 Å². The molecule has 0 amide bonds. The molecule has 1 aliphatic heterocycles. The Morgan fingerprint density at radius 2 is 1.83 bits per heavy atom. The summed E-state index contributed by atoms with van der Waals surface area (Å²) in [5.74, 6) is -4.17. The average molecular weight is 483 g/mol. The van der Waals surface area contributed by atoms with Crippen LogP contribution in [-0.4, -0.2) is 35.9 Å². The number of Topliss-reactive ketones (excluding diaryl/α,β-unsaturated/α-hetero) is 1. The Balaban J connectivity index is 1.85. The molecule has 1 fully saturated rings. The van der Waals surface area contributed by atoms with Crippen molar-refractivity contribution in [2.75, 3.05) is 7.11 Å². The molecule has 1 N–H and O–H groups in total. The van der Waals surface area contributed by atoms with Gasteiger partial charge >= 0.3 is 11.9 Å². The van der Waals surface area contributed by atoms with Gasteiger partial charge in [0.2, 0.25) is 0 Å². The maximum atomic E-state index is 13.8.